The Morgan fingerprint density at radius 2 is 1.83 bits per heavy atom. The lowest BCUT2D eigenvalue weighted by atomic mass is 10.8. The Morgan fingerprint density at radius 1 is 1.42 bits per heavy atom. The number of carbonyl (C=O) groups excluding carboxylic acids is 1. The van der Waals surface area contributed by atoms with Crippen molar-refractivity contribution in [3.8, 4) is 0 Å². The lowest BCUT2D eigenvalue weighted by molar-refractivity contribution is 0.139. The number of primary amides is 1. The number of rotatable bonds is 5. The van der Waals surface area contributed by atoms with Crippen LogP contribution >= 0.6 is 23.5 Å². The van der Waals surface area contributed by atoms with Gasteiger partial charge in [-0.15, -0.1) is 23.5 Å². The van der Waals surface area contributed by atoms with Crippen LogP contribution in [0.2, 0.25) is 0 Å². The Labute approximate surface area is 81.8 Å². The summed E-state index contributed by atoms with van der Waals surface area (Å²) in [5, 5.41) is 0. The van der Waals surface area contributed by atoms with E-state index in [0.717, 1.165) is 11.5 Å². The van der Waals surface area contributed by atoms with Gasteiger partial charge in [-0.25, -0.2) is 4.79 Å². The van der Waals surface area contributed by atoms with Gasteiger partial charge < -0.3 is 10.5 Å². The first kappa shape index (κ1) is 12.0. The first-order chi connectivity index (χ1) is 5.54. The minimum atomic E-state index is -0.709. The van der Waals surface area contributed by atoms with Gasteiger partial charge in [-0.1, -0.05) is 13.8 Å². The summed E-state index contributed by atoms with van der Waals surface area (Å²) in [6.45, 7) is 5.90. The van der Waals surface area contributed by atoms with Crippen LogP contribution in [0, 0.1) is 0 Å². The number of hydrogen-bond donors (Lipinski definition) is 1. The van der Waals surface area contributed by atoms with Crippen LogP contribution in [-0.4, -0.2) is 21.9 Å². The molecule has 2 N–H and O–H groups in total. The Morgan fingerprint density at radius 3 is 2.08 bits per heavy atom. The van der Waals surface area contributed by atoms with Crippen molar-refractivity contribution < 1.29 is 9.53 Å². The fraction of sp³-hybridized carbons (Fsp3) is 0.857. The van der Waals surface area contributed by atoms with E-state index in [1.165, 1.54) is 0 Å². The second-order valence-corrected chi connectivity index (χ2v) is 5.70. The van der Waals surface area contributed by atoms with Gasteiger partial charge in [-0.3, -0.25) is 0 Å². The van der Waals surface area contributed by atoms with E-state index in [-0.39, 0.29) is 0 Å². The second-order valence-electron chi connectivity index (χ2n) is 2.15. The highest BCUT2D eigenvalue weighted by Gasteiger charge is 2.27. The molecule has 0 aromatic carbocycles. The minimum absolute atomic E-state index is 0.519. The number of carbonyl (C=O) groups is 1. The van der Waals surface area contributed by atoms with Crippen molar-refractivity contribution in [1.82, 2.24) is 0 Å². The summed E-state index contributed by atoms with van der Waals surface area (Å²) >= 11 is 3.14. The molecule has 0 saturated heterocycles. The van der Waals surface area contributed by atoms with E-state index in [4.69, 9.17) is 10.5 Å². The standard InChI is InChI=1S/C7H15NO2S2/c1-4-11-7(3,12-5-2)10-6(8)9/h4-5H2,1-3H3,(H2,8,9). The van der Waals surface area contributed by atoms with Crippen molar-refractivity contribution in [2.24, 2.45) is 5.73 Å². The van der Waals surface area contributed by atoms with Crippen molar-refractivity contribution >= 4 is 29.6 Å². The average Bonchev–Trinajstić information content (AvgIpc) is 1.85. The van der Waals surface area contributed by atoms with E-state index in [2.05, 4.69) is 0 Å². The van der Waals surface area contributed by atoms with Gasteiger partial charge in [0.15, 0.2) is 0 Å². The zero-order valence-corrected chi connectivity index (χ0v) is 9.26. The first-order valence-corrected chi connectivity index (χ1v) is 5.77. The van der Waals surface area contributed by atoms with Gasteiger partial charge in [0, 0.05) is 0 Å². The summed E-state index contributed by atoms with van der Waals surface area (Å²) in [6, 6.07) is 0. The number of ether oxygens (including phenoxy) is 1. The number of nitrogens with two attached hydrogens (primary N) is 1. The monoisotopic (exact) mass is 209 g/mol. The normalized spacial score (nSPS) is 11.2. The summed E-state index contributed by atoms with van der Waals surface area (Å²) in [7, 11) is 0. The molecular formula is C7H15NO2S2. The third-order valence-electron chi connectivity index (χ3n) is 1.10. The molecule has 1 amide bonds. The van der Waals surface area contributed by atoms with Crippen molar-refractivity contribution in [1.29, 1.82) is 0 Å². The molecule has 0 heterocycles. The maximum Gasteiger partial charge on any atom is 0.406 e. The molecule has 0 radical (unpaired) electrons. The molecular weight excluding hydrogens is 194 g/mol. The molecule has 0 spiro atoms. The fourth-order valence-corrected chi connectivity index (χ4v) is 3.18. The summed E-state index contributed by atoms with van der Waals surface area (Å²) in [5.41, 5.74) is 4.95. The van der Waals surface area contributed by atoms with Crippen molar-refractivity contribution in [2.45, 2.75) is 25.0 Å². The lowest BCUT2D eigenvalue weighted by Crippen LogP contribution is -2.28. The third-order valence-corrected chi connectivity index (χ3v) is 3.60. The summed E-state index contributed by atoms with van der Waals surface area (Å²) in [5.74, 6) is 1.80. The van der Waals surface area contributed by atoms with Crippen LogP contribution in [0.5, 0.6) is 0 Å². The molecule has 12 heavy (non-hydrogen) atoms. The summed E-state index contributed by atoms with van der Waals surface area (Å²) in [4.78, 5) is 10.5. The van der Waals surface area contributed by atoms with Crippen LogP contribution in [0.15, 0.2) is 0 Å². The van der Waals surface area contributed by atoms with Gasteiger partial charge >= 0.3 is 6.09 Å². The Balaban J connectivity index is 4.07. The van der Waals surface area contributed by atoms with Crippen LogP contribution in [0.1, 0.15) is 20.8 Å². The van der Waals surface area contributed by atoms with Gasteiger partial charge in [-0.05, 0) is 18.4 Å². The molecule has 0 aliphatic heterocycles. The van der Waals surface area contributed by atoms with Crippen LogP contribution in [0.25, 0.3) is 0 Å². The molecule has 0 aliphatic carbocycles. The smallest absolute Gasteiger partial charge is 0.406 e. The predicted molar refractivity (Wildman–Crippen MR) is 55.3 cm³/mol. The van der Waals surface area contributed by atoms with E-state index < -0.39 is 10.4 Å². The maximum absolute atomic E-state index is 10.5. The molecule has 0 aromatic rings. The molecule has 5 heteroatoms. The largest absolute Gasteiger partial charge is 0.422 e. The molecule has 0 aliphatic rings. The number of thioether (sulfide) groups is 2. The molecule has 0 rings (SSSR count). The molecule has 0 saturated carbocycles. The highest BCUT2D eigenvalue weighted by molar-refractivity contribution is 8.17. The molecule has 3 nitrogen and oxygen atoms in total. The molecule has 0 bridgehead atoms. The van der Waals surface area contributed by atoms with E-state index in [1.54, 1.807) is 23.5 Å². The van der Waals surface area contributed by atoms with Crippen LogP contribution < -0.4 is 5.73 Å². The van der Waals surface area contributed by atoms with Crippen LogP contribution in [-0.2, 0) is 4.74 Å². The highest BCUT2D eigenvalue weighted by atomic mass is 32.2. The zero-order valence-electron chi connectivity index (χ0n) is 7.62. The molecule has 72 valence electrons. The fourth-order valence-electron chi connectivity index (χ4n) is 0.808. The van der Waals surface area contributed by atoms with Crippen molar-refractivity contribution in [3.05, 3.63) is 0 Å². The SMILES string of the molecule is CCSC(C)(OC(N)=O)SCC. The Hall–Kier alpha value is -0.0300. The van der Waals surface area contributed by atoms with E-state index in [9.17, 15) is 4.79 Å². The molecule has 0 atom stereocenters. The third kappa shape index (κ3) is 4.77. The molecule has 0 aromatic heterocycles. The Bertz CT molecular complexity index is 146. The van der Waals surface area contributed by atoms with Gasteiger partial charge in [0.1, 0.15) is 0 Å². The number of amides is 1. The van der Waals surface area contributed by atoms with Crippen molar-refractivity contribution in [2.75, 3.05) is 11.5 Å². The summed E-state index contributed by atoms with van der Waals surface area (Å²) in [6.07, 6.45) is -0.709. The maximum atomic E-state index is 10.5. The predicted octanol–water partition coefficient (Wildman–Crippen LogP) is 2.26. The molecule has 0 unspecified atom stereocenters. The first-order valence-electron chi connectivity index (χ1n) is 3.80. The van der Waals surface area contributed by atoms with E-state index in [0.29, 0.717) is 0 Å². The van der Waals surface area contributed by atoms with Gasteiger partial charge in [0.2, 0.25) is 4.27 Å². The minimum Gasteiger partial charge on any atom is -0.422 e. The molecule has 0 fully saturated rings. The number of hydrogen-bond acceptors (Lipinski definition) is 4. The van der Waals surface area contributed by atoms with E-state index in [1.807, 2.05) is 20.8 Å². The van der Waals surface area contributed by atoms with E-state index >= 15 is 0 Å². The quantitative estimate of drug-likeness (QED) is 0.706. The van der Waals surface area contributed by atoms with Crippen LogP contribution in [0.3, 0.4) is 0 Å². The lowest BCUT2D eigenvalue weighted by Gasteiger charge is -2.26. The topological polar surface area (TPSA) is 52.3 Å². The summed E-state index contributed by atoms with van der Waals surface area (Å²) < 4.78 is 4.46. The zero-order chi connectivity index (χ0) is 9.61. The van der Waals surface area contributed by atoms with Gasteiger partial charge in [-0.2, -0.15) is 0 Å². The van der Waals surface area contributed by atoms with Gasteiger partial charge in [0.05, 0.1) is 0 Å². The second kappa shape index (κ2) is 5.59. The van der Waals surface area contributed by atoms with Crippen molar-refractivity contribution in [3.63, 3.8) is 0 Å². The Kier molecular flexibility index (Phi) is 5.57. The van der Waals surface area contributed by atoms with Crippen LogP contribution in [0.4, 0.5) is 4.79 Å². The average molecular weight is 209 g/mol. The highest BCUT2D eigenvalue weighted by Crippen LogP contribution is 2.37. The van der Waals surface area contributed by atoms with Gasteiger partial charge in [0.25, 0.3) is 0 Å².